The predicted molar refractivity (Wildman–Crippen MR) is 87.8 cm³/mol. The van der Waals surface area contributed by atoms with Gasteiger partial charge in [0, 0.05) is 11.9 Å². The second-order valence-electron chi connectivity index (χ2n) is 5.26. The number of carbonyl (C=O) groups excluding carboxylic acids is 1. The molecule has 2 aromatic rings. The van der Waals surface area contributed by atoms with E-state index in [0.717, 1.165) is 17.5 Å². The van der Waals surface area contributed by atoms with Crippen LogP contribution in [0.1, 0.15) is 21.6 Å². The Bertz CT molecular complexity index is 840. The smallest absolute Gasteiger partial charge is 0.260 e. The second-order valence-corrected chi connectivity index (χ2v) is 7.28. The Balaban J connectivity index is 2.41. The predicted octanol–water partition coefficient (Wildman–Crippen LogP) is 2.36. The van der Waals surface area contributed by atoms with Gasteiger partial charge in [0.2, 0.25) is 0 Å². The van der Waals surface area contributed by atoms with Gasteiger partial charge < -0.3 is 10.1 Å². The maximum absolute atomic E-state index is 12.5. The van der Waals surface area contributed by atoms with Crippen molar-refractivity contribution in [3.8, 4) is 5.75 Å². The van der Waals surface area contributed by atoms with Crippen LogP contribution >= 0.6 is 0 Å². The summed E-state index contributed by atoms with van der Waals surface area (Å²) in [6.07, 6.45) is 1.09. The molecule has 0 bridgehead atoms. The summed E-state index contributed by atoms with van der Waals surface area (Å²) >= 11 is 0. The summed E-state index contributed by atoms with van der Waals surface area (Å²) in [5.41, 5.74) is 1.87. The molecule has 122 valence electrons. The highest BCUT2D eigenvalue weighted by Gasteiger charge is 2.17. The summed E-state index contributed by atoms with van der Waals surface area (Å²) in [6, 6.07) is 7.78. The quantitative estimate of drug-likeness (QED) is 0.928. The molecule has 1 aromatic heterocycles. The highest BCUT2D eigenvalue weighted by atomic mass is 32.2. The van der Waals surface area contributed by atoms with Gasteiger partial charge in [-0.25, -0.2) is 13.4 Å². The maximum atomic E-state index is 12.5. The number of rotatable bonds is 4. The van der Waals surface area contributed by atoms with E-state index >= 15 is 0 Å². The van der Waals surface area contributed by atoms with E-state index < -0.39 is 15.7 Å². The lowest BCUT2D eigenvalue weighted by atomic mass is 10.2. The number of ether oxygens (including phenoxy) is 1. The summed E-state index contributed by atoms with van der Waals surface area (Å²) in [4.78, 5) is 16.8. The molecule has 0 aliphatic carbocycles. The molecule has 0 spiro atoms. The van der Waals surface area contributed by atoms with Gasteiger partial charge in [-0.05, 0) is 49.7 Å². The van der Waals surface area contributed by atoms with Crippen molar-refractivity contribution in [3.05, 3.63) is 47.2 Å². The van der Waals surface area contributed by atoms with Crippen molar-refractivity contribution in [1.29, 1.82) is 0 Å². The van der Waals surface area contributed by atoms with Crippen molar-refractivity contribution >= 4 is 21.6 Å². The molecule has 0 aliphatic heterocycles. The van der Waals surface area contributed by atoms with E-state index in [-0.39, 0.29) is 10.5 Å². The number of nitrogens with zero attached hydrogens (tertiary/aromatic N) is 1. The molecule has 0 saturated heterocycles. The number of hydrogen-bond acceptors (Lipinski definition) is 5. The lowest BCUT2D eigenvalue weighted by Gasteiger charge is -2.11. The minimum absolute atomic E-state index is 0.0526. The Morgan fingerprint density at radius 1 is 1.17 bits per heavy atom. The number of aryl methyl sites for hydroxylation is 2. The van der Waals surface area contributed by atoms with Gasteiger partial charge >= 0.3 is 0 Å². The number of hydrogen-bond donors (Lipinski definition) is 1. The summed E-state index contributed by atoms with van der Waals surface area (Å²) in [5, 5.41) is 2.67. The number of benzene rings is 1. The largest absolute Gasteiger partial charge is 0.496 e. The third-order valence-corrected chi connectivity index (χ3v) is 4.29. The monoisotopic (exact) mass is 334 g/mol. The van der Waals surface area contributed by atoms with Crippen molar-refractivity contribution in [3.63, 3.8) is 0 Å². The van der Waals surface area contributed by atoms with E-state index in [1.807, 2.05) is 19.9 Å². The Hall–Kier alpha value is -2.41. The van der Waals surface area contributed by atoms with Crippen LogP contribution in [0.5, 0.6) is 5.75 Å². The molecule has 0 saturated carbocycles. The Morgan fingerprint density at radius 2 is 1.87 bits per heavy atom. The Morgan fingerprint density at radius 3 is 2.43 bits per heavy atom. The van der Waals surface area contributed by atoms with E-state index in [9.17, 15) is 13.2 Å². The van der Waals surface area contributed by atoms with Gasteiger partial charge in [-0.1, -0.05) is 0 Å². The standard InChI is InChI=1S/C16H18N2O4S/c1-10-7-11(2)17-15(8-10)18-16(19)13-9-12(23(4,20)21)5-6-14(13)22-3/h5-9H,1-4H3,(H,17,18,19). The molecule has 6 nitrogen and oxygen atoms in total. The number of amides is 1. The third kappa shape index (κ3) is 4.07. The molecule has 0 atom stereocenters. The van der Waals surface area contributed by atoms with E-state index in [0.29, 0.717) is 11.6 Å². The number of carbonyl (C=O) groups is 1. The van der Waals surface area contributed by atoms with Crippen molar-refractivity contribution in [2.75, 3.05) is 18.7 Å². The minimum Gasteiger partial charge on any atom is -0.496 e. The molecular weight excluding hydrogens is 316 g/mol. The zero-order chi connectivity index (χ0) is 17.2. The lowest BCUT2D eigenvalue weighted by Crippen LogP contribution is -2.15. The molecule has 1 aromatic carbocycles. The number of pyridine rings is 1. The first-order chi connectivity index (χ1) is 10.7. The van der Waals surface area contributed by atoms with E-state index in [1.54, 1.807) is 6.07 Å². The van der Waals surface area contributed by atoms with Gasteiger partial charge in [-0.2, -0.15) is 0 Å². The highest BCUT2D eigenvalue weighted by Crippen LogP contribution is 2.23. The molecule has 0 aliphatic rings. The van der Waals surface area contributed by atoms with Crippen LogP contribution in [-0.4, -0.2) is 32.7 Å². The normalized spacial score (nSPS) is 11.1. The summed E-state index contributed by atoms with van der Waals surface area (Å²) in [7, 11) is -2.00. The van der Waals surface area contributed by atoms with Crippen LogP contribution in [0.15, 0.2) is 35.2 Å². The summed E-state index contributed by atoms with van der Waals surface area (Å²) < 4.78 is 28.5. The zero-order valence-electron chi connectivity index (χ0n) is 13.4. The van der Waals surface area contributed by atoms with Gasteiger partial charge in [0.25, 0.3) is 5.91 Å². The molecule has 1 N–H and O–H groups in total. The third-order valence-electron chi connectivity index (χ3n) is 3.18. The second kappa shape index (κ2) is 6.37. The molecule has 0 unspecified atom stereocenters. The van der Waals surface area contributed by atoms with Gasteiger partial charge in [0.1, 0.15) is 11.6 Å². The van der Waals surface area contributed by atoms with E-state index in [2.05, 4.69) is 10.3 Å². The number of methoxy groups -OCH3 is 1. The molecule has 23 heavy (non-hydrogen) atoms. The van der Waals surface area contributed by atoms with Crippen LogP contribution < -0.4 is 10.1 Å². The van der Waals surface area contributed by atoms with E-state index in [1.165, 1.54) is 25.3 Å². The first-order valence-corrected chi connectivity index (χ1v) is 8.74. The Labute approximate surface area is 135 Å². The van der Waals surface area contributed by atoms with Crippen LogP contribution in [0, 0.1) is 13.8 Å². The fourth-order valence-electron chi connectivity index (χ4n) is 2.18. The number of anilines is 1. The van der Waals surface area contributed by atoms with Crippen LogP contribution in [0.2, 0.25) is 0 Å². The molecule has 0 radical (unpaired) electrons. The van der Waals surface area contributed by atoms with Crippen molar-refractivity contribution in [1.82, 2.24) is 4.98 Å². The van der Waals surface area contributed by atoms with Crippen LogP contribution in [-0.2, 0) is 9.84 Å². The molecule has 2 rings (SSSR count). The summed E-state index contributed by atoms with van der Waals surface area (Å²) in [5.74, 6) is 0.212. The zero-order valence-corrected chi connectivity index (χ0v) is 14.2. The lowest BCUT2D eigenvalue weighted by molar-refractivity contribution is 0.102. The van der Waals surface area contributed by atoms with Crippen LogP contribution in [0.4, 0.5) is 5.82 Å². The van der Waals surface area contributed by atoms with Crippen LogP contribution in [0.3, 0.4) is 0 Å². The topological polar surface area (TPSA) is 85.4 Å². The van der Waals surface area contributed by atoms with Crippen LogP contribution in [0.25, 0.3) is 0 Å². The average Bonchev–Trinajstić information content (AvgIpc) is 2.44. The van der Waals surface area contributed by atoms with E-state index in [4.69, 9.17) is 4.74 Å². The maximum Gasteiger partial charge on any atom is 0.260 e. The Kier molecular flexibility index (Phi) is 4.70. The molecule has 1 amide bonds. The number of aromatic nitrogens is 1. The van der Waals surface area contributed by atoms with Crippen molar-refractivity contribution < 1.29 is 17.9 Å². The fraction of sp³-hybridized carbons (Fsp3) is 0.250. The van der Waals surface area contributed by atoms with Crippen molar-refractivity contribution in [2.24, 2.45) is 0 Å². The minimum atomic E-state index is -3.42. The molecule has 1 heterocycles. The van der Waals surface area contributed by atoms with Gasteiger partial charge in [0.05, 0.1) is 17.6 Å². The van der Waals surface area contributed by atoms with Gasteiger partial charge in [-0.3, -0.25) is 4.79 Å². The number of sulfone groups is 1. The molecule has 0 fully saturated rings. The molecule has 7 heteroatoms. The first kappa shape index (κ1) is 17.0. The summed E-state index contributed by atoms with van der Waals surface area (Å²) in [6.45, 7) is 3.72. The van der Waals surface area contributed by atoms with Crippen molar-refractivity contribution in [2.45, 2.75) is 18.7 Å². The first-order valence-electron chi connectivity index (χ1n) is 6.85. The molecular formula is C16H18N2O4S. The SMILES string of the molecule is COc1ccc(S(C)(=O)=O)cc1C(=O)Nc1cc(C)cc(C)n1. The average molecular weight is 334 g/mol. The van der Waals surface area contributed by atoms with Gasteiger partial charge in [0.15, 0.2) is 9.84 Å². The fourth-order valence-corrected chi connectivity index (χ4v) is 2.83. The number of nitrogens with one attached hydrogen (secondary N) is 1. The van der Waals surface area contributed by atoms with Gasteiger partial charge in [-0.15, -0.1) is 0 Å². The highest BCUT2D eigenvalue weighted by molar-refractivity contribution is 7.90.